The summed E-state index contributed by atoms with van der Waals surface area (Å²) in [6.07, 6.45) is 2.63. The van der Waals surface area contributed by atoms with Crippen molar-refractivity contribution in [1.29, 1.82) is 0 Å². The van der Waals surface area contributed by atoms with E-state index in [-0.39, 0.29) is 5.56 Å². The van der Waals surface area contributed by atoms with Gasteiger partial charge >= 0.3 is 5.97 Å². The highest BCUT2D eigenvalue weighted by atomic mass is 16.4. The van der Waals surface area contributed by atoms with Crippen molar-refractivity contribution in [3.05, 3.63) is 53.6 Å². The molecule has 0 bridgehead atoms. The highest BCUT2D eigenvalue weighted by Crippen LogP contribution is 2.22. The Bertz CT molecular complexity index is 581. The molecule has 0 saturated carbocycles. The van der Waals surface area contributed by atoms with Crippen LogP contribution in [0.25, 0.3) is 10.5 Å². The van der Waals surface area contributed by atoms with Crippen molar-refractivity contribution >= 4 is 11.7 Å². The smallest absolute Gasteiger partial charge is 0.338 e. The number of hydrogen-bond acceptors (Lipinski definition) is 2. The molecule has 0 spiro atoms. The number of aromatic nitrogens is 2. The summed E-state index contributed by atoms with van der Waals surface area (Å²) in [4.78, 5) is 14.0. The molecule has 1 heterocycles. The van der Waals surface area contributed by atoms with Gasteiger partial charge in [-0.3, -0.25) is 4.68 Å². The highest BCUT2D eigenvalue weighted by Gasteiger charge is 2.09. The fraction of sp³-hybridized carbons (Fsp3) is 0. The first-order chi connectivity index (χ1) is 7.72. The lowest BCUT2D eigenvalue weighted by molar-refractivity contribution is 0.0697. The van der Waals surface area contributed by atoms with Crippen molar-refractivity contribution in [2.24, 2.45) is 0 Å². The van der Waals surface area contributed by atoms with Gasteiger partial charge in [-0.1, -0.05) is 18.2 Å². The summed E-state index contributed by atoms with van der Waals surface area (Å²) >= 11 is 0. The zero-order valence-electron chi connectivity index (χ0n) is 8.16. The number of hydrogen-bond donors (Lipinski definition) is 1. The SMILES string of the molecule is [C-]#[N+]c1ccccc1-n1cc(C(=O)O)cn1. The molecule has 78 valence electrons. The molecule has 5 nitrogen and oxygen atoms in total. The predicted molar refractivity (Wildman–Crippen MR) is 56.8 cm³/mol. The summed E-state index contributed by atoms with van der Waals surface area (Å²) in [5.74, 6) is -1.04. The van der Waals surface area contributed by atoms with Crippen LogP contribution in [-0.4, -0.2) is 20.9 Å². The number of carbonyl (C=O) groups is 1. The minimum atomic E-state index is -1.04. The van der Waals surface area contributed by atoms with Gasteiger partial charge < -0.3 is 5.11 Å². The van der Waals surface area contributed by atoms with E-state index in [1.807, 2.05) is 0 Å². The summed E-state index contributed by atoms with van der Waals surface area (Å²) in [6.45, 7) is 6.99. The van der Waals surface area contributed by atoms with E-state index in [1.54, 1.807) is 24.3 Å². The molecule has 0 amide bonds. The molecular weight excluding hydrogens is 206 g/mol. The van der Waals surface area contributed by atoms with Crippen molar-refractivity contribution < 1.29 is 9.90 Å². The Kier molecular flexibility index (Phi) is 2.40. The lowest BCUT2D eigenvalue weighted by Gasteiger charge is -2.02. The molecule has 0 fully saturated rings. The van der Waals surface area contributed by atoms with Crippen LogP contribution in [-0.2, 0) is 0 Å². The average Bonchev–Trinajstić information content (AvgIpc) is 2.78. The molecule has 1 aromatic carbocycles. The van der Waals surface area contributed by atoms with Gasteiger partial charge in [0.25, 0.3) is 0 Å². The molecule has 2 aromatic rings. The second-order valence-corrected chi connectivity index (χ2v) is 3.08. The van der Waals surface area contributed by atoms with Crippen molar-refractivity contribution in [2.45, 2.75) is 0 Å². The van der Waals surface area contributed by atoms with Crippen molar-refractivity contribution in [1.82, 2.24) is 9.78 Å². The third-order valence-corrected chi connectivity index (χ3v) is 2.08. The third-order valence-electron chi connectivity index (χ3n) is 2.08. The highest BCUT2D eigenvalue weighted by molar-refractivity contribution is 5.87. The van der Waals surface area contributed by atoms with Crippen molar-refractivity contribution in [3.8, 4) is 5.69 Å². The molecule has 0 aliphatic rings. The van der Waals surface area contributed by atoms with Gasteiger partial charge in [0.05, 0.1) is 24.0 Å². The fourth-order valence-electron chi connectivity index (χ4n) is 1.32. The van der Waals surface area contributed by atoms with Gasteiger partial charge in [0, 0.05) is 6.20 Å². The second kappa shape index (κ2) is 3.87. The number of rotatable bonds is 2. The van der Waals surface area contributed by atoms with Gasteiger partial charge in [-0.05, 0) is 6.07 Å². The Morgan fingerprint density at radius 3 is 2.81 bits per heavy atom. The van der Waals surface area contributed by atoms with Gasteiger partial charge in [0.1, 0.15) is 0 Å². The quantitative estimate of drug-likeness (QED) is 0.777. The summed E-state index contributed by atoms with van der Waals surface area (Å²) < 4.78 is 1.39. The van der Waals surface area contributed by atoms with Crippen LogP contribution in [0.4, 0.5) is 5.69 Å². The molecule has 0 saturated heterocycles. The van der Waals surface area contributed by atoms with Gasteiger partial charge in [0.2, 0.25) is 5.69 Å². The Labute approximate surface area is 91.4 Å². The first kappa shape index (κ1) is 9.93. The van der Waals surface area contributed by atoms with Crippen LogP contribution >= 0.6 is 0 Å². The van der Waals surface area contributed by atoms with E-state index < -0.39 is 5.97 Å². The summed E-state index contributed by atoms with van der Waals surface area (Å²) in [6, 6.07) is 6.89. The van der Waals surface area contributed by atoms with Gasteiger partial charge in [-0.15, -0.1) is 0 Å². The molecule has 0 atom stereocenters. The number of aromatic carboxylic acids is 1. The number of carboxylic acid groups (broad SMARTS) is 1. The van der Waals surface area contributed by atoms with Gasteiger partial charge in [-0.25, -0.2) is 9.64 Å². The molecule has 1 aromatic heterocycles. The second-order valence-electron chi connectivity index (χ2n) is 3.08. The van der Waals surface area contributed by atoms with E-state index >= 15 is 0 Å². The van der Waals surface area contributed by atoms with Crippen molar-refractivity contribution in [3.63, 3.8) is 0 Å². The Hall–Kier alpha value is -2.61. The van der Waals surface area contributed by atoms with E-state index in [9.17, 15) is 4.79 Å². The first-order valence-electron chi connectivity index (χ1n) is 4.47. The minimum Gasteiger partial charge on any atom is -0.478 e. The normalized spacial score (nSPS) is 9.69. The van der Waals surface area contributed by atoms with E-state index in [0.29, 0.717) is 11.4 Å². The van der Waals surface area contributed by atoms with Gasteiger partial charge in [-0.2, -0.15) is 5.10 Å². The Balaban J connectivity index is 2.51. The Morgan fingerprint density at radius 1 is 1.44 bits per heavy atom. The van der Waals surface area contributed by atoms with E-state index in [0.717, 1.165) is 0 Å². The lowest BCUT2D eigenvalue weighted by atomic mass is 10.3. The molecule has 1 N–H and O–H groups in total. The predicted octanol–water partition coefficient (Wildman–Crippen LogP) is 2.12. The van der Waals surface area contributed by atoms with Gasteiger partial charge in [0.15, 0.2) is 0 Å². The van der Waals surface area contributed by atoms with Crippen LogP contribution < -0.4 is 0 Å². The molecule has 2 rings (SSSR count). The summed E-state index contributed by atoms with van der Waals surface area (Å²) in [7, 11) is 0. The van der Waals surface area contributed by atoms with E-state index in [1.165, 1.54) is 17.1 Å². The molecule has 16 heavy (non-hydrogen) atoms. The molecule has 0 aliphatic carbocycles. The Morgan fingerprint density at radius 2 is 2.19 bits per heavy atom. The van der Waals surface area contributed by atoms with Crippen LogP contribution in [0, 0.1) is 6.57 Å². The van der Waals surface area contributed by atoms with E-state index in [2.05, 4.69) is 9.94 Å². The van der Waals surface area contributed by atoms with Crippen LogP contribution in [0.15, 0.2) is 36.7 Å². The van der Waals surface area contributed by atoms with E-state index in [4.69, 9.17) is 11.7 Å². The first-order valence-corrected chi connectivity index (χ1v) is 4.47. The molecular formula is C11H7N3O2. The number of benzene rings is 1. The van der Waals surface area contributed by atoms with Crippen molar-refractivity contribution in [2.75, 3.05) is 0 Å². The molecule has 0 unspecified atom stereocenters. The topological polar surface area (TPSA) is 59.5 Å². The van der Waals surface area contributed by atoms with Crippen LogP contribution in [0.2, 0.25) is 0 Å². The largest absolute Gasteiger partial charge is 0.478 e. The lowest BCUT2D eigenvalue weighted by Crippen LogP contribution is -1.95. The van der Waals surface area contributed by atoms with Crippen LogP contribution in [0.3, 0.4) is 0 Å². The van der Waals surface area contributed by atoms with Crippen LogP contribution in [0.1, 0.15) is 10.4 Å². The molecule has 0 radical (unpaired) electrons. The zero-order valence-corrected chi connectivity index (χ0v) is 8.16. The maximum absolute atomic E-state index is 10.7. The number of nitrogens with zero attached hydrogens (tertiary/aromatic N) is 3. The standard InChI is InChI=1S/C11H7N3O2/c1-12-9-4-2-3-5-10(9)14-7-8(6-13-14)11(15)16/h2-7H,(H,15,16). The molecule has 5 heteroatoms. The minimum absolute atomic E-state index is 0.0970. The number of carboxylic acids is 1. The summed E-state index contributed by atoms with van der Waals surface area (Å²) in [5.41, 5.74) is 1.10. The molecule has 0 aliphatic heterocycles. The zero-order chi connectivity index (χ0) is 11.5. The fourth-order valence-corrected chi connectivity index (χ4v) is 1.32. The average molecular weight is 213 g/mol. The maximum Gasteiger partial charge on any atom is 0.338 e. The maximum atomic E-state index is 10.7. The number of para-hydroxylation sites is 2. The summed E-state index contributed by atoms with van der Waals surface area (Å²) in [5, 5.41) is 12.7. The van der Waals surface area contributed by atoms with Crippen LogP contribution in [0.5, 0.6) is 0 Å². The monoisotopic (exact) mass is 213 g/mol. The third kappa shape index (κ3) is 1.64.